The van der Waals surface area contributed by atoms with E-state index in [9.17, 15) is 4.79 Å². The molecule has 20 heavy (non-hydrogen) atoms. The van der Waals surface area contributed by atoms with Gasteiger partial charge in [-0.3, -0.25) is 4.79 Å². The summed E-state index contributed by atoms with van der Waals surface area (Å²) in [6.07, 6.45) is 3.28. The van der Waals surface area contributed by atoms with Gasteiger partial charge in [-0.15, -0.1) is 0 Å². The van der Waals surface area contributed by atoms with Gasteiger partial charge in [-0.1, -0.05) is 13.3 Å². The smallest absolute Gasteiger partial charge is 0.255 e. The van der Waals surface area contributed by atoms with Gasteiger partial charge in [-0.2, -0.15) is 0 Å². The van der Waals surface area contributed by atoms with Gasteiger partial charge in [-0.25, -0.2) is 0 Å². The lowest BCUT2D eigenvalue weighted by Crippen LogP contribution is -2.49. The third-order valence-corrected chi connectivity index (χ3v) is 5.46. The molecule has 5 heteroatoms. The Morgan fingerprint density at radius 3 is 2.95 bits per heavy atom. The maximum absolute atomic E-state index is 12.8. The van der Waals surface area contributed by atoms with E-state index < -0.39 is 0 Å². The number of nitrogens with zero attached hydrogens (tertiary/aromatic N) is 1. The minimum absolute atomic E-state index is 0.0976. The first-order valence-electron chi connectivity index (χ1n) is 7.02. The van der Waals surface area contributed by atoms with Crippen molar-refractivity contribution < 1.29 is 4.79 Å². The molecule has 0 radical (unpaired) electrons. The molecule has 1 aliphatic rings. The monoisotopic (exact) mass is 450 g/mol. The van der Waals surface area contributed by atoms with E-state index in [1.165, 1.54) is 6.42 Å². The zero-order valence-electron chi connectivity index (χ0n) is 11.6. The van der Waals surface area contributed by atoms with Crippen molar-refractivity contribution in [3.63, 3.8) is 0 Å². The Morgan fingerprint density at radius 1 is 1.55 bits per heavy atom. The molecular formula is C15H20BrIN2O. The van der Waals surface area contributed by atoms with Crippen molar-refractivity contribution in [1.82, 2.24) is 4.90 Å². The van der Waals surface area contributed by atoms with Gasteiger partial charge in [0.05, 0.1) is 5.56 Å². The molecule has 2 atom stereocenters. The van der Waals surface area contributed by atoms with Crippen molar-refractivity contribution in [3.05, 3.63) is 31.8 Å². The van der Waals surface area contributed by atoms with Crippen LogP contribution in [0.4, 0.5) is 0 Å². The number of piperidine rings is 1. The predicted molar refractivity (Wildman–Crippen MR) is 93.8 cm³/mol. The summed E-state index contributed by atoms with van der Waals surface area (Å²) >= 11 is 5.72. The molecule has 2 rings (SSSR count). The summed E-state index contributed by atoms with van der Waals surface area (Å²) in [5, 5.41) is 0. The molecule has 2 unspecified atom stereocenters. The number of nitrogens with two attached hydrogens (primary N) is 1. The predicted octanol–water partition coefficient (Wildman–Crippen LogP) is 3.64. The van der Waals surface area contributed by atoms with Crippen LogP contribution < -0.4 is 5.73 Å². The van der Waals surface area contributed by atoms with E-state index in [1.807, 2.05) is 23.1 Å². The van der Waals surface area contributed by atoms with Gasteiger partial charge < -0.3 is 10.6 Å². The number of carbonyl (C=O) groups excluding carboxylic acids is 1. The normalized spacial score (nSPS) is 22.9. The fourth-order valence-corrected chi connectivity index (χ4v) is 3.72. The summed E-state index contributed by atoms with van der Waals surface area (Å²) in [5.41, 5.74) is 6.63. The lowest BCUT2D eigenvalue weighted by atomic mass is 9.88. The molecule has 3 nitrogen and oxygen atoms in total. The zero-order valence-corrected chi connectivity index (χ0v) is 15.4. The van der Waals surface area contributed by atoms with Crippen LogP contribution in [0.25, 0.3) is 0 Å². The van der Waals surface area contributed by atoms with Crippen LogP contribution in [-0.2, 0) is 0 Å². The summed E-state index contributed by atoms with van der Waals surface area (Å²) in [4.78, 5) is 14.7. The van der Waals surface area contributed by atoms with Crippen LogP contribution in [0.5, 0.6) is 0 Å². The maximum atomic E-state index is 12.8. The average Bonchev–Trinajstić information content (AvgIpc) is 2.48. The lowest BCUT2D eigenvalue weighted by Gasteiger charge is -2.39. The van der Waals surface area contributed by atoms with E-state index in [1.54, 1.807) is 0 Å². The molecule has 0 spiro atoms. The third kappa shape index (κ3) is 3.54. The van der Waals surface area contributed by atoms with Crippen LogP contribution in [-0.4, -0.2) is 29.9 Å². The van der Waals surface area contributed by atoms with Crippen molar-refractivity contribution >= 4 is 44.4 Å². The van der Waals surface area contributed by atoms with Crippen LogP contribution in [0.1, 0.15) is 36.5 Å². The Bertz CT molecular complexity index is 495. The first-order valence-corrected chi connectivity index (χ1v) is 8.90. The highest BCUT2D eigenvalue weighted by atomic mass is 127. The van der Waals surface area contributed by atoms with Gasteiger partial charge >= 0.3 is 0 Å². The number of amides is 1. The Hall–Kier alpha value is -0.140. The summed E-state index contributed by atoms with van der Waals surface area (Å²) in [6.45, 7) is 3.58. The Balaban J connectivity index is 2.21. The number of halogens is 2. The maximum Gasteiger partial charge on any atom is 0.255 e. The molecule has 2 N–H and O–H groups in total. The van der Waals surface area contributed by atoms with Crippen molar-refractivity contribution in [1.29, 1.82) is 0 Å². The second-order valence-electron chi connectivity index (χ2n) is 5.31. The van der Waals surface area contributed by atoms with Gasteiger partial charge in [0.15, 0.2) is 0 Å². The quantitative estimate of drug-likeness (QED) is 0.714. The molecule has 1 aliphatic heterocycles. The molecule has 0 aromatic heterocycles. The van der Waals surface area contributed by atoms with E-state index >= 15 is 0 Å². The van der Waals surface area contributed by atoms with Crippen molar-refractivity contribution in [2.24, 2.45) is 11.7 Å². The standard InChI is InChI=1S/C15H20BrIN2O/c1-2-10-5-6-19(12(7-10)9-18)15(20)13-8-11(17)3-4-14(13)16/h3-4,8,10,12H,2,5-7,9,18H2,1H3. The molecule has 1 aromatic rings. The minimum atomic E-state index is 0.0976. The summed E-state index contributed by atoms with van der Waals surface area (Å²) in [6, 6.07) is 6.04. The zero-order chi connectivity index (χ0) is 14.7. The SMILES string of the molecule is CCC1CCN(C(=O)c2cc(I)ccc2Br)C(CN)C1. The first kappa shape index (κ1) is 16.2. The van der Waals surface area contributed by atoms with Crippen LogP contribution in [0.3, 0.4) is 0 Å². The van der Waals surface area contributed by atoms with Gasteiger partial charge in [0.25, 0.3) is 5.91 Å². The third-order valence-electron chi connectivity index (χ3n) is 4.09. The fraction of sp³-hybridized carbons (Fsp3) is 0.533. The summed E-state index contributed by atoms with van der Waals surface area (Å²) < 4.78 is 1.93. The number of likely N-dealkylation sites (tertiary alicyclic amines) is 1. The average molecular weight is 451 g/mol. The second kappa shape index (κ2) is 7.22. The van der Waals surface area contributed by atoms with Gasteiger partial charge in [0.2, 0.25) is 0 Å². The van der Waals surface area contributed by atoms with Crippen LogP contribution in [0, 0.1) is 9.49 Å². The molecule has 1 fully saturated rings. The summed E-state index contributed by atoms with van der Waals surface area (Å²) in [7, 11) is 0. The summed E-state index contributed by atoms with van der Waals surface area (Å²) in [5.74, 6) is 0.798. The molecule has 1 amide bonds. The van der Waals surface area contributed by atoms with E-state index in [0.717, 1.165) is 33.0 Å². The van der Waals surface area contributed by atoms with E-state index in [-0.39, 0.29) is 11.9 Å². The van der Waals surface area contributed by atoms with E-state index in [4.69, 9.17) is 5.73 Å². The lowest BCUT2D eigenvalue weighted by molar-refractivity contribution is 0.0557. The molecular weight excluding hydrogens is 431 g/mol. The van der Waals surface area contributed by atoms with Crippen LogP contribution >= 0.6 is 38.5 Å². The Morgan fingerprint density at radius 2 is 2.30 bits per heavy atom. The number of hydrogen-bond acceptors (Lipinski definition) is 2. The van der Waals surface area contributed by atoms with E-state index in [2.05, 4.69) is 45.4 Å². The fourth-order valence-electron chi connectivity index (χ4n) is 2.81. The first-order chi connectivity index (χ1) is 9.56. The number of carbonyl (C=O) groups is 1. The minimum Gasteiger partial charge on any atom is -0.334 e. The largest absolute Gasteiger partial charge is 0.334 e. The number of rotatable bonds is 3. The highest BCUT2D eigenvalue weighted by Crippen LogP contribution is 2.28. The van der Waals surface area contributed by atoms with E-state index in [0.29, 0.717) is 12.5 Å². The molecule has 0 aliphatic carbocycles. The Labute approximate surface area is 142 Å². The topological polar surface area (TPSA) is 46.3 Å². The molecule has 1 aromatic carbocycles. The molecule has 1 saturated heterocycles. The molecule has 0 saturated carbocycles. The highest BCUT2D eigenvalue weighted by molar-refractivity contribution is 14.1. The van der Waals surface area contributed by atoms with Crippen molar-refractivity contribution in [2.75, 3.05) is 13.1 Å². The highest BCUT2D eigenvalue weighted by Gasteiger charge is 2.31. The van der Waals surface area contributed by atoms with Gasteiger partial charge in [0, 0.05) is 27.2 Å². The number of hydrogen-bond donors (Lipinski definition) is 1. The Kier molecular flexibility index (Phi) is 5.86. The molecule has 110 valence electrons. The second-order valence-corrected chi connectivity index (χ2v) is 7.41. The molecule has 1 heterocycles. The molecule has 0 bridgehead atoms. The van der Waals surface area contributed by atoms with Gasteiger partial charge in [0.1, 0.15) is 0 Å². The van der Waals surface area contributed by atoms with Crippen molar-refractivity contribution in [3.8, 4) is 0 Å². The number of benzene rings is 1. The van der Waals surface area contributed by atoms with Crippen LogP contribution in [0.2, 0.25) is 0 Å². The van der Waals surface area contributed by atoms with Crippen LogP contribution in [0.15, 0.2) is 22.7 Å². The van der Waals surface area contributed by atoms with Crippen molar-refractivity contribution in [2.45, 2.75) is 32.2 Å². The van der Waals surface area contributed by atoms with Gasteiger partial charge in [-0.05, 0) is 75.5 Å².